The third-order valence-corrected chi connectivity index (χ3v) is 3.97. The summed E-state index contributed by atoms with van der Waals surface area (Å²) in [6, 6.07) is 6.23. The lowest BCUT2D eigenvalue weighted by Crippen LogP contribution is -2.15. The van der Waals surface area contributed by atoms with Crippen LogP contribution in [-0.4, -0.2) is 20.5 Å². The van der Waals surface area contributed by atoms with Crippen LogP contribution in [0.3, 0.4) is 0 Å². The lowest BCUT2D eigenvalue weighted by atomic mass is 10.3. The molecular weight excluding hydrogens is 299 g/mol. The first-order chi connectivity index (χ1) is 9.96. The number of nitrogens with zero attached hydrogens (tertiary/aromatic N) is 1. The van der Waals surface area contributed by atoms with Gasteiger partial charge >= 0.3 is 0 Å². The van der Waals surface area contributed by atoms with Gasteiger partial charge in [-0.1, -0.05) is 0 Å². The number of pyridine rings is 1. The highest BCUT2D eigenvalue weighted by Gasteiger charge is 2.17. The molecule has 9 heteroatoms. The molecule has 0 aliphatic carbocycles. The second-order valence-corrected chi connectivity index (χ2v) is 5.65. The second-order valence-electron chi connectivity index (χ2n) is 3.97. The van der Waals surface area contributed by atoms with Gasteiger partial charge in [0, 0.05) is 18.3 Å². The summed E-state index contributed by atoms with van der Waals surface area (Å²) in [6.45, 7) is 0. The molecule has 1 heterocycles. The Kier molecular flexibility index (Phi) is 4.24. The first-order valence-electron chi connectivity index (χ1n) is 5.75. The number of ether oxygens (including phenoxy) is 1. The molecule has 1 aromatic heterocycles. The van der Waals surface area contributed by atoms with Crippen LogP contribution >= 0.6 is 0 Å². The highest BCUT2D eigenvalue weighted by atomic mass is 32.2. The van der Waals surface area contributed by atoms with Crippen molar-refractivity contribution in [3.05, 3.63) is 42.3 Å². The lowest BCUT2D eigenvalue weighted by Gasteiger charge is -2.11. The summed E-state index contributed by atoms with van der Waals surface area (Å²) in [5.74, 6) is 4.95. The summed E-state index contributed by atoms with van der Waals surface area (Å²) in [7, 11) is -2.58. The molecule has 112 valence electrons. The monoisotopic (exact) mass is 312 g/mol. The third-order valence-electron chi connectivity index (χ3n) is 2.61. The number of nitrogens with two attached hydrogens (primary N) is 1. The number of hydrogen-bond donors (Lipinski definition) is 3. The SMILES string of the molecule is COc1ccc(F)c(NS(=O)(=O)c2ccnc(NN)c2)c1. The van der Waals surface area contributed by atoms with E-state index in [1.807, 2.05) is 0 Å². The molecule has 0 fully saturated rings. The number of benzene rings is 1. The Morgan fingerprint density at radius 2 is 2.05 bits per heavy atom. The molecule has 2 rings (SSSR count). The van der Waals surface area contributed by atoms with Crippen molar-refractivity contribution in [2.24, 2.45) is 5.84 Å². The average Bonchev–Trinajstić information content (AvgIpc) is 2.49. The Morgan fingerprint density at radius 1 is 1.29 bits per heavy atom. The molecule has 0 unspecified atom stereocenters. The molecular formula is C12H13FN4O3S. The summed E-state index contributed by atoms with van der Waals surface area (Å²) >= 11 is 0. The first-order valence-corrected chi connectivity index (χ1v) is 7.23. The Bertz CT molecular complexity index is 752. The van der Waals surface area contributed by atoms with Crippen LogP contribution in [-0.2, 0) is 10.0 Å². The van der Waals surface area contributed by atoms with E-state index in [4.69, 9.17) is 10.6 Å². The Balaban J connectivity index is 2.37. The van der Waals surface area contributed by atoms with Crippen molar-refractivity contribution >= 4 is 21.5 Å². The smallest absolute Gasteiger partial charge is 0.262 e. The number of hydrazine groups is 1. The van der Waals surface area contributed by atoms with Crippen molar-refractivity contribution in [3.8, 4) is 5.75 Å². The predicted octanol–water partition coefficient (Wildman–Crippen LogP) is 1.32. The quantitative estimate of drug-likeness (QED) is 0.568. The summed E-state index contributed by atoms with van der Waals surface area (Å²) in [4.78, 5) is 3.70. The fourth-order valence-electron chi connectivity index (χ4n) is 1.57. The van der Waals surface area contributed by atoms with Gasteiger partial charge < -0.3 is 10.2 Å². The van der Waals surface area contributed by atoms with Gasteiger partial charge in [0.25, 0.3) is 10.0 Å². The van der Waals surface area contributed by atoms with Crippen molar-refractivity contribution in [1.82, 2.24) is 4.98 Å². The molecule has 0 amide bonds. The summed E-state index contributed by atoms with van der Waals surface area (Å²) in [5, 5.41) is 0. The van der Waals surface area contributed by atoms with Gasteiger partial charge in [0.1, 0.15) is 17.4 Å². The number of nitrogens with one attached hydrogen (secondary N) is 2. The van der Waals surface area contributed by atoms with Gasteiger partial charge in [0.2, 0.25) is 0 Å². The number of anilines is 2. The molecule has 0 atom stereocenters. The number of methoxy groups -OCH3 is 1. The van der Waals surface area contributed by atoms with Crippen molar-refractivity contribution < 1.29 is 17.5 Å². The van der Waals surface area contributed by atoms with Crippen LogP contribution in [0.4, 0.5) is 15.9 Å². The van der Waals surface area contributed by atoms with E-state index in [1.165, 1.54) is 37.6 Å². The number of halogens is 1. The van der Waals surface area contributed by atoms with Gasteiger partial charge in [-0.15, -0.1) is 0 Å². The number of aromatic nitrogens is 1. The Labute approximate surface area is 121 Å². The molecule has 0 aliphatic rings. The molecule has 0 saturated carbocycles. The minimum Gasteiger partial charge on any atom is -0.497 e. The van der Waals surface area contributed by atoms with Crippen molar-refractivity contribution in [2.75, 3.05) is 17.3 Å². The highest BCUT2D eigenvalue weighted by Crippen LogP contribution is 2.24. The van der Waals surface area contributed by atoms with Gasteiger partial charge in [-0.05, 0) is 18.2 Å². The minimum atomic E-state index is -3.97. The molecule has 7 nitrogen and oxygen atoms in total. The molecule has 4 N–H and O–H groups in total. The Hall–Kier alpha value is -2.39. The third kappa shape index (κ3) is 3.38. The van der Waals surface area contributed by atoms with Crippen LogP contribution < -0.4 is 20.7 Å². The molecule has 2 aromatic rings. The molecule has 0 bridgehead atoms. The van der Waals surface area contributed by atoms with Gasteiger partial charge in [0.15, 0.2) is 0 Å². The first kappa shape index (κ1) is 15.0. The van der Waals surface area contributed by atoms with Crippen molar-refractivity contribution in [1.29, 1.82) is 0 Å². The predicted molar refractivity (Wildman–Crippen MR) is 75.8 cm³/mol. The normalized spacial score (nSPS) is 11.0. The van der Waals surface area contributed by atoms with Crippen LogP contribution in [0.2, 0.25) is 0 Å². The topological polar surface area (TPSA) is 106 Å². The minimum absolute atomic E-state index is 0.104. The van der Waals surface area contributed by atoms with E-state index in [0.29, 0.717) is 5.75 Å². The average molecular weight is 312 g/mol. The number of sulfonamides is 1. The molecule has 0 aliphatic heterocycles. The maximum Gasteiger partial charge on any atom is 0.262 e. The van der Waals surface area contributed by atoms with Crippen molar-refractivity contribution in [3.63, 3.8) is 0 Å². The maximum absolute atomic E-state index is 13.7. The van der Waals surface area contributed by atoms with Gasteiger partial charge in [0.05, 0.1) is 17.7 Å². The van der Waals surface area contributed by atoms with Crippen LogP contribution in [0.15, 0.2) is 41.4 Å². The largest absolute Gasteiger partial charge is 0.497 e. The highest BCUT2D eigenvalue weighted by molar-refractivity contribution is 7.92. The van der Waals surface area contributed by atoms with Crippen molar-refractivity contribution in [2.45, 2.75) is 4.90 Å². The fraction of sp³-hybridized carbons (Fsp3) is 0.0833. The van der Waals surface area contributed by atoms with Crippen LogP contribution in [0.25, 0.3) is 0 Å². The number of nitrogen functional groups attached to an aromatic ring is 1. The van der Waals surface area contributed by atoms with E-state index in [-0.39, 0.29) is 16.4 Å². The number of hydrogen-bond acceptors (Lipinski definition) is 6. The summed E-state index contributed by atoms with van der Waals surface area (Å²) < 4.78 is 45.2. The zero-order chi connectivity index (χ0) is 15.5. The van der Waals surface area contributed by atoms with Crippen LogP contribution in [0, 0.1) is 5.82 Å². The van der Waals surface area contributed by atoms with E-state index in [9.17, 15) is 12.8 Å². The summed E-state index contributed by atoms with van der Waals surface area (Å²) in [5.41, 5.74) is 2.02. The molecule has 0 radical (unpaired) electrons. The fourth-order valence-corrected chi connectivity index (χ4v) is 2.64. The van der Waals surface area contributed by atoms with Gasteiger partial charge in [-0.2, -0.15) is 0 Å². The molecule has 0 saturated heterocycles. The van der Waals surface area contributed by atoms with Gasteiger partial charge in [-0.25, -0.2) is 23.6 Å². The van der Waals surface area contributed by atoms with E-state index in [1.54, 1.807) is 0 Å². The maximum atomic E-state index is 13.7. The van der Waals surface area contributed by atoms with E-state index in [2.05, 4.69) is 15.1 Å². The van der Waals surface area contributed by atoms with Crippen LogP contribution in [0.1, 0.15) is 0 Å². The van der Waals surface area contributed by atoms with Crippen LogP contribution in [0.5, 0.6) is 5.75 Å². The standard InChI is InChI=1S/C12H13FN4O3S/c1-20-8-2-3-10(13)11(6-8)17-21(18,19)9-4-5-15-12(7-9)16-14/h2-7,17H,14H2,1H3,(H,15,16). The summed E-state index contributed by atoms with van der Waals surface area (Å²) in [6.07, 6.45) is 1.27. The molecule has 0 spiro atoms. The van der Waals surface area contributed by atoms with Gasteiger partial charge in [-0.3, -0.25) is 4.72 Å². The van der Waals surface area contributed by atoms with E-state index >= 15 is 0 Å². The number of rotatable bonds is 5. The zero-order valence-corrected chi connectivity index (χ0v) is 11.8. The molecule has 1 aromatic carbocycles. The second kappa shape index (κ2) is 5.94. The lowest BCUT2D eigenvalue weighted by molar-refractivity contribution is 0.414. The van der Waals surface area contributed by atoms with E-state index < -0.39 is 15.8 Å². The Morgan fingerprint density at radius 3 is 2.71 bits per heavy atom. The van der Waals surface area contributed by atoms with E-state index in [0.717, 1.165) is 6.07 Å². The molecule has 21 heavy (non-hydrogen) atoms. The zero-order valence-electron chi connectivity index (χ0n) is 11.0.